The predicted octanol–water partition coefficient (Wildman–Crippen LogP) is 3.29. The highest BCUT2D eigenvalue weighted by molar-refractivity contribution is 5.69. The number of aromatic nitrogens is 2. The first kappa shape index (κ1) is 12.7. The molecule has 1 aromatic heterocycles. The van der Waals surface area contributed by atoms with Crippen LogP contribution in [0.2, 0.25) is 0 Å². The lowest BCUT2D eigenvalue weighted by atomic mass is 10.0. The van der Waals surface area contributed by atoms with Gasteiger partial charge in [0.1, 0.15) is 5.75 Å². The SMILES string of the molecule is COc1ccccc1-c1ncn(C)c1CC(C)C. The maximum Gasteiger partial charge on any atom is 0.128 e. The molecule has 3 nitrogen and oxygen atoms in total. The van der Waals surface area contributed by atoms with Crippen molar-refractivity contribution in [3.63, 3.8) is 0 Å². The van der Waals surface area contributed by atoms with Crippen molar-refractivity contribution >= 4 is 0 Å². The summed E-state index contributed by atoms with van der Waals surface area (Å²) in [5.41, 5.74) is 3.36. The molecule has 18 heavy (non-hydrogen) atoms. The van der Waals surface area contributed by atoms with Gasteiger partial charge in [-0.3, -0.25) is 0 Å². The fourth-order valence-corrected chi connectivity index (χ4v) is 2.15. The Morgan fingerprint density at radius 3 is 2.67 bits per heavy atom. The second kappa shape index (κ2) is 5.25. The Kier molecular flexibility index (Phi) is 3.70. The fourth-order valence-electron chi connectivity index (χ4n) is 2.15. The van der Waals surface area contributed by atoms with Gasteiger partial charge in [-0.05, 0) is 24.5 Å². The lowest BCUT2D eigenvalue weighted by Gasteiger charge is -2.11. The number of benzene rings is 1. The number of para-hydroxylation sites is 1. The van der Waals surface area contributed by atoms with E-state index in [-0.39, 0.29) is 0 Å². The minimum Gasteiger partial charge on any atom is -0.496 e. The smallest absolute Gasteiger partial charge is 0.128 e. The van der Waals surface area contributed by atoms with Gasteiger partial charge in [0, 0.05) is 18.3 Å². The van der Waals surface area contributed by atoms with E-state index in [1.54, 1.807) is 7.11 Å². The van der Waals surface area contributed by atoms with Crippen molar-refractivity contribution in [2.75, 3.05) is 7.11 Å². The van der Waals surface area contributed by atoms with E-state index < -0.39 is 0 Å². The highest BCUT2D eigenvalue weighted by Gasteiger charge is 2.15. The van der Waals surface area contributed by atoms with Gasteiger partial charge in [0.2, 0.25) is 0 Å². The van der Waals surface area contributed by atoms with Crippen LogP contribution in [-0.2, 0) is 13.5 Å². The summed E-state index contributed by atoms with van der Waals surface area (Å²) >= 11 is 0. The van der Waals surface area contributed by atoms with Crippen LogP contribution in [0.5, 0.6) is 5.75 Å². The normalized spacial score (nSPS) is 10.9. The van der Waals surface area contributed by atoms with Gasteiger partial charge >= 0.3 is 0 Å². The van der Waals surface area contributed by atoms with Crippen LogP contribution in [0.25, 0.3) is 11.3 Å². The second-order valence-electron chi connectivity index (χ2n) is 4.95. The monoisotopic (exact) mass is 244 g/mol. The lowest BCUT2D eigenvalue weighted by Crippen LogP contribution is -2.02. The van der Waals surface area contributed by atoms with Crippen LogP contribution in [0.4, 0.5) is 0 Å². The van der Waals surface area contributed by atoms with Gasteiger partial charge in [-0.1, -0.05) is 26.0 Å². The fraction of sp³-hybridized carbons (Fsp3) is 0.400. The molecule has 0 spiro atoms. The molecular weight excluding hydrogens is 224 g/mol. The van der Waals surface area contributed by atoms with E-state index >= 15 is 0 Å². The van der Waals surface area contributed by atoms with Crippen molar-refractivity contribution in [1.82, 2.24) is 9.55 Å². The summed E-state index contributed by atoms with van der Waals surface area (Å²) in [4.78, 5) is 4.53. The first-order valence-corrected chi connectivity index (χ1v) is 6.27. The van der Waals surface area contributed by atoms with Gasteiger partial charge in [-0.15, -0.1) is 0 Å². The molecule has 0 aliphatic rings. The molecule has 0 amide bonds. The van der Waals surface area contributed by atoms with Gasteiger partial charge < -0.3 is 9.30 Å². The van der Waals surface area contributed by atoms with Gasteiger partial charge in [-0.2, -0.15) is 0 Å². The van der Waals surface area contributed by atoms with Crippen LogP contribution < -0.4 is 4.74 Å². The molecule has 0 saturated heterocycles. The van der Waals surface area contributed by atoms with Crippen LogP contribution in [-0.4, -0.2) is 16.7 Å². The number of aryl methyl sites for hydroxylation is 1. The number of hydrogen-bond acceptors (Lipinski definition) is 2. The highest BCUT2D eigenvalue weighted by atomic mass is 16.5. The summed E-state index contributed by atoms with van der Waals surface area (Å²) in [7, 11) is 3.74. The summed E-state index contributed by atoms with van der Waals surface area (Å²) in [6, 6.07) is 8.03. The Morgan fingerprint density at radius 1 is 1.28 bits per heavy atom. The zero-order valence-corrected chi connectivity index (χ0v) is 11.5. The van der Waals surface area contributed by atoms with Crippen LogP contribution in [0.3, 0.4) is 0 Å². The van der Waals surface area contributed by atoms with Gasteiger partial charge in [0.25, 0.3) is 0 Å². The zero-order chi connectivity index (χ0) is 13.1. The molecule has 0 radical (unpaired) electrons. The van der Waals surface area contributed by atoms with E-state index in [4.69, 9.17) is 4.74 Å². The minimum atomic E-state index is 0.605. The van der Waals surface area contributed by atoms with Crippen molar-refractivity contribution in [2.24, 2.45) is 13.0 Å². The lowest BCUT2D eigenvalue weighted by molar-refractivity contribution is 0.416. The Balaban J connectivity index is 2.50. The number of imidazole rings is 1. The standard InChI is InChI=1S/C15H20N2O/c1-11(2)9-13-15(16-10-17(13)3)12-7-5-6-8-14(12)18-4/h5-8,10-11H,9H2,1-4H3. The molecule has 0 saturated carbocycles. The molecule has 0 aliphatic carbocycles. The van der Waals surface area contributed by atoms with Crippen molar-refractivity contribution in [2.45, 2.75) is 20.3 Å². The third-order valence-electron chi connectivity index (χ3n) is 3.02. The molecular formula is C15H20N2O. The minimum absolute atomic E-state index is 0.605. The van der Waals surface area contributed by atoms with E-state index in [2.05, 4.69) is 29.5 Å². The van der Waals surface area contributed by atoms with E-state index in [9.17, 15) is 0 Å². The van der Waals surface area contributed by atoms with Gasteiger partial charge in [0.15, 0.2) is 0 Å². The molecule has 1 heterocycles. The second-order valence-corrected chi connectivity index (χ2v) is 4.95. The van der Waals surface area contributed by atoms with Crippen molar-refractivity contribution in [3.8, 4) is 17.0 Å². The Bertz CT molecular complexity index is 529. The zero-order valence-electron chi connectivity index (χ0n) is 11.5. The molecule has 2 rings (SSSR count). The number of hydrogen-bond donors (Lipinski definition) is 0. The Morgan fingerprint density at radius 2 is 2.00 bits per heavy atom. The number of ether oxygens (including phenoxy) is 1. The third kappa shape index (κ3) is 2.40. The Hall–Kier alpha value is -1.77. The summed E-state index contributed by atoms with van der Waals surface area (Å²) in [6.07, 6.45) is 2.89. The largest absolute Gasteiger partial charge is 0.496 e. The molecule has 0 bridgehead atoms. The average molecular weight is 244 g/mol. The maximum atomic E-state index is 5.42. The van der Waals surface area contributed by atoms with Crippen LogP contribution in [0, 0.1) is 5.92 Å². The third-order valence-corrected chi connectivity index (χ3v) is 3.02. The van der Waals surface area contributed by atoms with Crippen molar-refractivity contribution in [3.05, 3.63) is 36.3 Å². The summed E-state index contributed by atoms with van der Waals surface area (Å²) < 4.78 is 7.52. The molecule has 96 valence electrons. The van der Waals surface area contributed by atoms with E-state index in [1.807, 2.05) is 31.6 Å². The molecule has 1 aromatic carbocycles. The summed E-state index contributed by atoms with van der Waals surface area (Å²) in [6.45, 7) is 4.44. The van der Waals surface area contributed by atoms with Crippen LogP contribution in [0.15, 0.2) is 30.6 Å². The van der Waals surface area contributed by atoms with Crippen LogP contribution >= 0.6 is 0 Å². The van der Waals surface area contributed by atoms with E-state index in [0.717, 1.165) is 23.4 Å². The molecule has 3 heteroatoms. The first-order chi connectivity index (χ1) is 8.63. The molecule has 0 unspecified atom stereocenters. The van der Waals surface area contributed by atoms with E-state index in [0.29, 0.717) is 5.92 Å². The molecule has 0 N–H and O–H groups in total. The average Bonchev–Trinajstić information content (AvgIpc) is 2.70. The Labute approximate surface area is 108 Å². The van der Waals surface area contributed by atoms with Crippen LogP contribution in [0.1, 0.15) is 19.5 Å². The molecule has 0 fully saturated rings. The first-order valence-electron chi connectivity index (χ1n) is 6.27. The number of methoxy groups -OCH3 is 1. The van der Waals surface area contributed by atoms with Gasteiger partial charge in [-0.25, -0.2) is 4.98 Å². The maximum absolute atomic E-state index is 5.42. The quantitative estimate of drug-likeness (QED) is 0.825. The molecule has 0 atom stereocenters. The molecule has 2 aromatic rings. The van der Waals surface area contributed by atoms with Gasteiger partial charge in [0.05, 0.1) is 19.1 Å². The molecule has 0 aliphatic heterocycles. The topological polar surface area (TPSA) is 27.1 Å². The predicted molar refractivity (Wildman–Crippen MR) is 73.7 cm³/mol. The van der Waals surface area contributed by atoms with E-state index in [1.165, 1.54) is 5.69 Å². The van der Waals surface area contributed by atoms with Crippen molar-refractivity contribution < 1.29 is 4.74 Å². The highest BCUT2D eigenvalue weighted by Crippen LogP contribution is 2.31. The summed E-state index contributed by atoms with van der Waals surface area (Å²) in [5.74, 6) is 1.48. The number of nitrogens with zero attached hydrogens (tertiary/aromatic N) is 2. The van der Waals surface area contributed by atoms with Crippen molar-refractivity contribution in [1.29, 1.82) is 0 Å². The number of rotatable bonds is 4. The summed E-state index contributed by atoms with van der Waals surface area (Å²) in [5, 5.41) is 0.